The molecule has 4 nitrogen and oxygen atoms in total. The number of aromatic nitrogens is 1. The van der Waals surface area contributed by atoms with E-state index in [0.717, 1.165) is 21.7 Å². The highest BCUT2D eigenvalue weighted by Crippen LogP contribution is 2.33. The third-order valence-corrected chi connectivity index (χ3v) is 4.80. The smallest absolute Gasteiger partial charge is 0.263 e. The molecule has 0 atom stereocenters. The second-order valence-electron chi connectivity index (χ2n) is 5.21. The molecule has 0 aliphatic rings. The van der Waals surface area contributed by atoms with Crippen molar-refractivity contribution < 1.29 is 9.53 Å². The van der Waals surface area contributed by atoms with Gasteiger partial charge >= 0.3 is 0 Å². The maximum absolute atomic E-state index is 12.3. The van der Waals surface area contributed by atoms with Gasteiger partial charge in [0, 0.05) is 19.2 Å². The fourth-order valence-electron chi connectivity index (χ4n) is 2.48. The molecule has 0 bridgehead atoms. The van der Waals surface area contributed by atoms with Crippen molar-refractivity contribution in [2.45, 2.75) is 6.92 Å². The Balaban J connectivity index is 1.95. The third-order valence-electron chi connectivity index (χ3n) is 3.61. The Labute approximate surface area is 139 Å². The fraction of sp³-hybridized carbons (Fsp3) is 0.222. The molecule has 23 heavy (non-hydrogen) atoms. The van der Waals surface area contributed by atoms with E-state index < -0.39 is 0 Å². The zero-order valence-corrected chi connectivity index (χ0v) is 13.9. The van der Waals surface area contributed by atoms with Gasteiger partial charge in [-0.15, -0.1) is 11.3 Å². The molecule has 0 saturated carbocycles. The van der Waals surface area contributed by atoms with Gasteiger partial charge in [0.25, 0.3) is 5.91 Å². The third kappa shape index (κ3) is 3.25. The van der Waals surface area contributed by atoms with Crippen molar-refractivity contribution in [2.24, 2.45) is 0 Å². The summed E-state index contributed by atoms with van der Waals surface area (Å²) in [4.78, 5) is 17.5. The van der Waals surface area contributed by atoms with Crippen LogP contribution < -0.4 is 5.32 Å². The summed E-state index contributed by atoms with van der Waals surface area (Å²) in [6, 6.07) is 14.4. The summed E-state index contributed by atoms with van der Waals surface area (Å²) >= 11 is 1.43. The van der Waals surface area contributed by atoms with Crippen molar-refractivity contribution in [3.63, 3.8) is 0 Å². The molecule has 0 unspecified atom stereocenters. The molecule has 5 heteroatoms. The number of methoxy groups -OCH3 is 1. The first kappa shape index (κ1) is 15.6. The summed E-state index contributed by atoms with van der Waals surface area (Å²) in [6.07, 6.45) is 0. The van der Waals surface area contributed by atoms with E-state index in [9.17, 15) is 4.79 Å². The minimum Gasteiger partial charge on any atom is -0.383 e. The van der Waals surface area contributed by atoms with Crippen molar-refractivity contribution in [2.75, 3.05) is 20.3 Å². The number of ether oxygens (including phenoxy) is 1. The molecule has 118 valence electrons. The van der Waals surface area contributed by atoms with Crippen molar-refractivity contribution in [3.05, 3.63) is 53.0 Å². The maximum Gasteiger partial charge on any atom is 0.263 e. The molecule has 0 radical (unpaired) electrons. The molecule has 1 heterocycles. The van der Waals surface area contributed by atoms with Crippen LogP contribution >= 0.6 is 11.3 Å². The molecule has 3 aromatic rings. The number of thiazole rings is 1. The van der Waals surface area contributed by atoms with Gasteiger partial charge in [-0.05, 0) is 17.7 Å². The maximum atomic E-state index is 12.3. The fourth-order valence-corrected chi connectivity index (χ4v) is 3.50. The first-order valence-electron chi connectivity index (χ1n) is 7.43. The summed E-state index contributed by atoms with van der Waals surface area (Å²) in [7, 11) is 1.61. The topological polar surface area (TPSA) is 51.2 Å². The molecule has 1 aromatic heterocycles. The lowest BCUT2D eigenvalue weighted by Gasteiger charge is -2.03. The van der Waals surface area contributed by atoms with Crippen LogP contribution in [0, 0.1) is 6.92 Å². The van der Waals surface area contributed by atoms with Crippen LogP contribution in [0.1, 0.15) is 15.4 Å². The van der Waals surface area contributed by atoms with Crippen LogP contribution in [0.15, 0.2) is 42.5 Å². The zero-order valence-electron chi connectivity index (χ0n) is 13.1. The van der Waals surface area contributed by atoms with Crippen LogP contribution in [0.2, 0.25) is 0 Å². The molecule has 2 aromatic carbocycles. The quantitative estimate of drug-likeness (QED) is 0.728. The van der Waals surface area contributed by atoms with Gasteiger partial charge < -0.3 is 10.1 Å². The van der Waals surface area contributed by atoms with Crippen LogP contribution in [0.5, 0.6) is 0 Å². The number of carbonyl (C=O) groups is 1. The van der Waals surface area contributed by atoms with E-state index in [2.05, 4.69) is 28.5 Å². The van der Waals surface area contributed by atoms with Crippen LogP contribution in [-0.2, 0) is 4.74 Å². The molecule has 1 amide bonds. The highest BCUT2D eigenvalue weighted by atomic mass is 32.1. The van der Waals surface area contributed by atoms with Gasteiger partial charge in [0.2, 0.25) is 0 Å². The number of amides is 1. The van der Waals surface area contributed by atoms with E-state index in [-0.39, 0.29) is 5.91 Å². The number of hydrogen-bond donors (Lipinski definition) is 1. The van der Waals surface area contributed by atoms with E-state index in [1.165, 1.54) is 16.7 Å². The van der Waals surface area contributed by atoms with Gasteiger partial charge in [-0.1, -0.05) is 42.5 Å². The molecule has 0 spiro atoms. The van der Waals surface area contributed by atoms with Gasteiger partial charge in [0.15, 0.2) is 0 Å². The molecular formula is C18H18N2O2S. The van der Waals surface area contributed by atoms with Crippen LogP contribution in [-0.4, -0.2) is 31.2 Å². The lowest BCUT2D eigenvalue weighted by Crippen LogP contribution is -2.26. The number of aryl methyl sites for hydroxylation is 1. The Kier molecular flexibility index (Phi) is 4.69. The highest BCUT2D eigenvalue weighted by Gasteiger charge is 2.16. The molecule has 0 aliphatic carbocycles. The molecule has 0 aliphatic heterocycles. The number of carbonyl (C=O) groups excluding carboxylic acids is 1. The van der Waals surface area contributed by atoms with E-state index in [0.29, 0.717) is 18.0 Å². The van der Waals surface area contributed by atoms with Gasteiger partial charge in [0.05, 0.1) is 12.3 Å². The Morgan fingerprint density at radius 2 is 2.00 bits per heavy atom. The Morgan fingerprint density at radius 3 is 2.83 bits per heavy atom. The monoisotopic (exact) mass is 326 g/mol. The Bertz CT molecular complexity index is 837. The normalized spacial score (nSPS) is 10.9. The van der Waals surface area contributed by atoms with Gasteiger partial charge in [-0.2, -0.15) is 0 Å². The molecule has 0 saturated heterocycles. The Morgan fingerprint density at radius 1 is 1.22 bits per heavy atom. The predicted molar refractivity (Wildman–Crippen MR) is 94.0 cm³/mol. The second kappa shape index (κ2) is 6.89. The number of fused-ring (bicyclic) bond motifs is 1. The SMILES string of the molecule is COCCNC(=O)c1sc(-c2cccc3ccccc23)nc1C. The van der Waals surface area contributed by atoms with Crippen molar-refractivity contribution >= 4 is 28.0 Å². The number of benzene rings is 2. The second-order valence-corrected chi connectivity index (χ2v) is 6.21. The predicted octanol–water partition coefficient (Wildman–Crippen LogP) is 3.65. The molecular weight excluding hydrogens is 308 g/mol. The number of nitrogens with zero attached hydrogens (tertiary/aromatic N) is 1. The first-order valence-corrected chi connectivity index (χ1v) is 8.25. The molecule has 1 N–H and O–H groups in total. The average molecular weight is 326 g/mol. The summed E-state index contributed by atoms with van der Waals surface area (Å²) < 4.78 is 4.95. The lowest BCUT2D eigenvalue weighted by molar-refractivity contribution is 0.0940. The van der Waals surface area contributed by atoms with E-state index in [1.807, 2.05) is 31.2 Å². The van der Waals surface area contributed by atoms with Crippen molar-refractivity contribution in [1.82, 2.24) is 10.3 Å². The molecule has 0 fully saturated rings. The standard InChI is InChI=1S/C18H18N2O2S/c1-12-16(17(21)19-10-11-22-2)23-18(20-12)15-9-5-7-13-6-3-4-8-14(13)15/h3-9H,10-11H2,1-2H3,(H,19,21). The average Bonchev–Trinajstić information content (AvgIpc) is 2.96. The minimum absolute atomic E-state index is 0.0939. The van der Waals surface area contributed by atoms with Crippen molar-refractivity contribution in [3.8, 4) is 10.6 Å². The van der Waals surface area contributed by atoms with Crippen LogP contribution in [0.4, 0.5) is 0 Å². The van der Waals surface area contributed by atoms with Gasteiger partial charge in [-0.25, -0.2) is 4.98 Å². The number of nitrogens with one attached hydrogen (secondary N) is 1. The van der Waals surface area contributed by atoms with E-state index in [4.69, 9.17) is 4.74 Å². The van der Waals surface area contributed by atoms with E-state index in [1.54, 1.807) is 7.11 Å². The van der Waals surface area contributed by atoms with E-state index >= 15 is 0 Å². The summed E-state index contributed by atoms with van der Waals surface area (Å²) in [5.74, 6) is -0.0939. The molecule has 3 rings (SSSR count). The Hall–Kier alpha value is -2.24. The first-order chi connectivity index (χ1) is 11.2. The van der Waals surface area contributed by atoms with Crippen LogP contribution in [0.3, 0.4) is 0 Å². The number of hydrogen-bond acceptors (Lipinski definition) is 4. The van der Waals surface area contributed by atoms with Crippen LogP contribution in [0.25, 0.3) is 21.3 Å². The van der Waals surface area contributed by atoms with Gasteiger partial charge in [-0.3, -0.25) is 4.79 Å². The highest BCUT2D eigenvalue weighted by molar-refractivity contribution is 7.17. The summed E-state index contributed by atoms with van der Waals surface area (Å²) in [5.41, 5.74) is 1.82. The van der Waals surface area contributed by atoms with Crippen molar-refractivity contribution in [1.29, 1.82) is 0 Å². The minimum atomic E-state index is -0.0939. The largest absolute Gasteiger partial charge is 0.383 e. The number of rotatable bonds is 5. The zero-order chi connectivity index (χ0) is 16.2. The summed E-state index contributed by atoms with van der Waals surface area (Å²) in [5, 5.41) is 6.04. The lowest BCUT2D eigenvalue weighted by atomic mass is 10.1. The van der Waals surface area contributed by atoms with Gasteiger partial charge in [0.1, 0.15) is 9.88 Å². The summed E-state index contributed by atoms with van der Waals surface area (Å²) in [6.45, 7) is 2.87.